The zero-order chi connectivity index (χ0) is 49.1. The molecule has 0 saturated heterocycles. The summed E-state index contributed by atoms with van der Waals surface area (Å²) in [6.45, 7) is 28.0. The summed E-state index contributed by atoms with van der Waals surface area (Å²) in [4.78, 5) is 7.77. The molecule has 0 aliphatic carbocycles. The van der Waals surface area contributed by atoms with Crippen LogP contribution < -0.4 is 31.1 Å². The Hall–Kier alpha value is -7.04. The smallest absolute Gasteiger partial charge is 0.252 e. The first kappa shape index (κ1) is 45.4. The molecule has 0 aromatic heterocycles. The van der Waals surface area contributed by atoms with Crippen molar-refractivity contribution in [1.82, 2.24) is 0 Å². The van der Waals surface area contributed by atoms with Crippen LogP contribution in [0.4, 0.5) is 51.2 Å². The Morgan fingerprint density at radius 3 is 1.13 bits per heavy atom. The summed E-state index contributed by atoms with van der Waals surface area (Å²) in [6, 6.07) is 69.6. The van der Waals surface area contributed by atoms with Crippen molar-refractivity contribution in [3.63, 3.8) is 0 Å². The molecule has 0 bridgehead atoms. The van der Waals surface area contributed by atoms with E-state index in [0.29, 0.717) is 0 Å². The van der Waals surface area contributed by atoms with Crippen molar-refractivity contribution in [2.75, 3.05) is 14.7 Å². The van der Waals surface area contributed by atoms with E-state index in [-0.39, 0.29) is 28.4 Å². The molecule has 0 amide bonds. The summed E-state index contributed by atoms with van der Waals surface area (Å²) in [5.74, 6) is 0. The third-order valence-electron chi connectivity index (χ3n) is 15.0. The topological polar surface area (TPSA) is 9.72 Å². The van der Waals surface area contributed by atoms with E-state index in [2.05, 4.69) is 280 Å². The van der Waals surface area contributed by atoms with Gasteiger partial charge in [0.05, 0.1) is 17.1 Å². The number of hydrogen-bond donors (Lipinski definition) is 0. The van der Waals surface area contributed by atoms with Crippen LogP contribution in [-0.2, 0) is 21.7 Å². The standard InChI is InChI=1S/C66H66BN3/c1-63(2,3)45-25-19-27-49(37-45)68-58-39-47(65(7,8)9)33-35-54(58)67-55-36-34-48(66(10,11)12)40-59(55)69(50-28-20-26-46(38-50)64(4,5)6)61-42-51(41-60(68)62(61)67)70(56-31-17-23-43-21-13-15-29-52(43)56)57-32-18-24-44-22-14-16-30-53(44)57/h13-42H,1-12H3. The van der Waals surface area contributed by atoms with E-state index in [9.17, 15) is 0 Å². The molecule has 3 nitrogen and oxygen atoms in total. The lowest BCUT2D eigenvalue weighted by molar-refractivity contribution is 0.589. The quantitative estimate of drug-likeness (QED) is 0.159. The van der Waals surface area contributed by atoms with Gasteiger partial charge in [-0.15, -0.1) is 0 Å². The number of benzene rings is 9. The van der Waals surface area contributed by atoms with Crippen LogP contribution in [0.25, 0.3) is 21.5 Å². The maximum Gasteiger partial charge on any atom is 0.252 e. The van der Waals surface area contributed by atoms with Crippen molar-refractivity contribution in [2.45, 2.75) is 105 Å². The molecule has 0 saturated carbocycles. The Morgan fingerprint density at radius 1 is 0.343 bits per heavy atom. The van der Waals surface area contributed by atoms with Crippen LogP contribution in [-0.4, -0.2) is 6.71 Å². The van der Waals surface area contributed by atoms with Gasteiger partial charge in [-0.3, -0.25) is 0 Å². The van der Waals surface area contributed by atoms with Crippen LogP contribution in [0.5, 0.6) is 0 Å². The largest absolute Gasteiger partial charge is 0.311 e. The molecule has 0 N–H and O–H groups in total. The minimum absolute atomic E-state index is 0.0280. The molecular weight excluding hydrogens is 846 g/mol. The first-order valence-corrected chi connectivity index (χ1v) is 25.3. The van der Waals surface area contributed by atoms with Gasteiger partial charge in [-0.1, -0.05) is 204 Å². The zero-order valence-electron chi connectivity index (χ0n) is 43.2. The second-order valence-corrected chi connectivity index (χ2v) is 24.0. The van der Waals surface area contributed by atoms with Crippen molar-refractivity contribution in [1.29, 1.82) is 0 Å². The van der Waals surface area contributed by atoms with Gasteiger partial charge >= 0.3 is 0 Å². The van der Waals surface area contributed by atoms with Gasteiger partial charge in [0.1, 0.15) is 0 Å². The Kier molecular flexibility index (Phi) is 10.6. The second kappa shape index (κ2) is 16.3. The Balaban J connectivity index is 1.33. The average Bonchev–Trinajstić information content (AvgIpc) is 3.32. The number of anilines is 9. The van der Waals surface area contributed by atoms with E-state index in [1.165, 1.54) is 82.9 Å². The van der Waals surface area contributed by atoms with Crippen molar-refractivity contribution < 1.29 is 0 Å². The number of rotatable bonds is 5. The van der Waals surface area contributed by atoms with Gasteiger partial charge in [-0.25, -0.2) is 0 Å². The number of hydrogen-bond acceptors (Lipinski definition) is 3. The predicted molar refractivity (Wildman–Crippen MR) is 305 cm³/mol. The maximum atomic E-state index is 2.61. The van der Waals surface area contributed by atoms with Gasteiger partial charge in [0.15, 0.2) is 0 Å². The van der Waals surface area contributed by atoms with Crippen molar-refractivity contribution in [2.24, 2.45) is 0 Å². The van der Waals surface area contributed by atoms with Crippen LogP contribution in [0.15, 0.2) is 182 Å². The summed E-state index contributed by atoms with van der Waals surface area (Å²) < 4.78 is 0. The molecule has 0 radical (unpaired) electrons. The Bertz CT molecular complexity index is 3280. The van der Waals surface area contributed by atoms with E-state index in [0.717, 1.165) is 28.4 Å². The summed E-state index contributed by atoms with van der Waals surface area (Å²) in [6.07, 6.45) is 0. The Morgan fingerprint density at radius 2 is 0.714 bits per heavy atom. The van der Waals surface area contributed by atoms with E-state index < -0.39 is 0 Å². The lowest BCUT2D eigenvalue weighted by Gasteiger charge is -2.46. The predicted octanol–water partition coefficient (Wildman–Crippen LogP) is 16.7. The Labute approximate surface area is 417 Å². The molecule has 0 spiro atoms. The summed E-state index contributed by atoms with van der Waals surface area (Å²) in [7, 11) is 0. The summed E-state index contributed by atoms with van der Waals surface area (Å²) in [5.41, 5.74) is 19.5. The van der Waals surface area contributed by atoms with Gasteiger partial charge in [-0.2, -0.15) is 0 Å². The molecular formula is C66H66BN3. The highest BCUT2D eigenvalue weighted by atomic mass is 15.2. The van der Waals surface area contributed by atoms with Crippen LogP contribution in [0, 0.1) is 0 Å². The molecule has 2 aliphatic rings. The molecule has 348 valence electrons. The van der Waals surface area contributed by atoms with Gasteiger partial charge < -0.3 is 14.7 Å². The monoisotopic (exact) mass is 912 g/mol. The normalized spacial score (nSPS) is 13.6. The lowest BCUT2D eigenvalue weighted by Crippen LogP contribution is -2.61. The first-order valence-electron chi connectivity index (χ1n) is 25.3. The highest BCUT2D eigenvalue weighted by Gasteiger charge is 2.45. The minimum atomic E-state index is -0.0677. The van der Waals surface area contributed by atoms with Crippen LogP contribution in [0.2, 0.25) is 0 Å². The van der Waals surface area contributed by atoms with Crippen molar-refractivity contribution >= 4 is 95.8 Å². The molecule has 0 unspecified atom stereocenters. The van der Waals surface area contributed by atoms with Crippen LogP contribution >= 0.6 is 0 Å². The SMILES string of the molecule is CC(C)(C)c1cccc(N2c3cc(C(C)(C)C)ccc3B3c4ccc(C(C)(C)C)cc4N(c4cccc(C(C)(C)C)c4)c4cc(N(c5cccc6ccccc56)c5cccc6ccccc56)cc2c43)c1. The zero-order valence-corrected chi connectivity index (χ0v) is 43.2. The lowest BCUT2D eigenvalue weighted by atomic mass is 9.33. The number of fused-ring (bicyclic) bond motifs is 6. The first-order chi connectivity index (χ1) is 33.3. The van der Waals surface area contributed by atoms with Gasteiger partial charge in [0, 0.05) is 44.9 Å². The van der Waals surface area contributed by atoms with E-state index in [1.807, 2.05) is 0 Å². The molecule has 9 aromatic rings. The molecule has 70 heavy (non-hydrogen) atoms. The fourth-order valence-corrected chi connectivity index (χ4v) is 11.0. The molecule has 0 atom stereocenters. The van der Waals surface area contributed by atoms with Crippen molar-refractivity contribution in [3.05, 3.63) is 204 Å². The average molecular weight is 912 g/mol. The molecule has 11 rings (SSSR count). The van der Waals surface area contributed by atoms with E-state index in [1.54, 1.807) is 0 Å². The summed E-state index contributed by atoms with van der Waals surface area (Å²) in [5, 5.41) is 4.81. The molecule has 4 heteroatoms. The molecule has 9 aromatic carbocycles. The minimum Gasteiger partial charge on any atom is -0.311 e. The van der Waals surface area contributed by atoms with Crippen molar-refractivity contribution in [3.8, 4) is 0 Å². The molecule has 2 heterocycles. The van der Waals surface area contributed by atoms with Crippen LogP contribution in [0.3, 0.4) is 0 Å². The van der Waals surface area contributed by atoms with Gasteiger partial charge in [-0.05, 0) is 132 Å². The molecule has 2 aliphatic heterocycles. The second-order valence-electron chi connectivity index (χ2n) is 24.0. The highest BCUT2D eigenvalue weighted by molar-refractivity contribution is 7.00. The third kappa shape index (κ3) is 7.68. The third-order valence-corrected chi connectivity index (χ3v) is 15.0. The van der Waals surface area contributed by atoms with Gasteiger partial charge in [0.2, 0.25) is 0 Å². The van der Waals surface area contributed by atoms with Gasteiger partial charge in [0.25, 0.3) is 6.71 Å². The molecule has 0 fully saturated rings. The number of nitrogens with zero attached hydrogens (tertiary/aromatic N) is 3. The van der Waals surface area contributed by atoms with E-state index >= 15 is 0 Å². The fourth-order valence-electron chi connectivity index (χ4n) is 11.0. The summed E-state index contributed by atoms with van der Waals surface area (Å²) >= 11 is 0. The van der Waals surface area contributed by atoms with Crippen LogP contribution in [0.1, 0.15) is 105 Å². The van der Waals surface area contributed by atoms with E-state index in [4.69, 9.17) is 0 Å². The fraction of sp³-hybridized carbons (Fsp3) is 0.242. The highest BCUT2D eigenvalue weighted by Crippen LogP contribution is 2.51. The maximum absolute atomic E-state index is 2.61.